The number of nitrogens with zero attached hydrogens (tertiary/aromatic N) is 2. The van der Waals surface area contributed by atoms with Crippen LogP contribution in [0.25, 0.3) is 0 Å². The quantitative estimate of drug-likeness (QED) is 0.780. The molecule has 0 saturated heterocycles. The van der Waals surface area contributed by atoms with Crippen LogP contribution in [-0.2, 0) is 6.42 Å². The van der Waals surface area contributed by atoms with Gasteiger partial charge in [-0.2, -0.15) is 0 Å². The molecule has 0 unspecified atom stereocenters. The Morgan fingerprint density at radius 2 is 1.94 bits per heavy atom. The predicted octanol–water partition coefficient (Wildman–Crippen LogP) is 1.71. The van der Waals surface area contributed by atoms with Crippen LogP contribution in [0, 0.1) is 0 Å². The Hall–Kier alpha value is -1.74. The molecular weight excluding hydrogens is 198 g/mol. The second-order valence-electron chi connectivity index (χ2n) is 4.01. The van der Waals surface area contributed by atoms with Crippen molar-refractivity contribution in [2.24, 2.45) is 0 Å². The molecule has 1 atom stereocenters. The highest BCUT2D eigenvalue weighted by Crippen LogP contribution is 2.27. The second kappa shape index (κ2) is 4.02. The summed E-state index contributed by atoms with van der Waals surface area (Å²) in [4.78, 5) is 8.16. The van der Waals surface area contributed by atoms with E-state index < -0.39 is 0 Å². The van der Waals surface area contributed by atoms with E-state index in [-0.39, 0.29) is 6.04 Å². The first-order chi connectivity index (χ1) is 7.95. The van der Waals surface area contributed by atoms with E-state index in [1.165, 1.54) is 11.1 Å². The van der Waals surface area contributed by atoms with Gasteiger partial charge in [0, 0.05) is 24.5 Å². The number of aromatic nitrogens is 2. The molecule has 2 heterocycles. The van der Waals surface area contributed by atoms with Crippen LogP contribution in [0.1, 0.15) is 22.7 Å². The second-order valence-corrected chi connectivity index (χ2v) is 4.01. The highest BCUT2D eigenvalue weighted by Gasteiger charge is 2.20. The highest BCUT2D eigenvalue weighted by molar-refractivity contribution is 5.37. The van der Waals surface area contributed by atoms with Gasteiger partial charge in [-0.25, -0.2) is 9.97 Å². The molecule has 3 rings (SSSR count). The molecule has 0 spiro atoms. The minimum absolute atomic E-state index is 0.242. The maximum atomic E-state index is 4.08. The lowest BCUT2D eigenvalue weighted by atomic mass is 9.91. The third-order valence-corrected chi connectivity index (χ3v) is 3.02. The van der Waals surface area contributed by atoms with Gasteiger partial charge in [-0.15, -0.1) is 0 Å². The van der Waals surface area contributed by atoms with E-state index in [0.717, 1.165) is 18.5 Å². The predicted molar refractivity (Wildman–Crippen MR) is 62.0 cm³/mol. The lowest BCUT2D eigenvalue weighted by Gasteiger charge is -2.26. The average Bonchev–Trinajstić information content (AvgIpc) is 2.39. The van der Waals surface area contributed by atoms with Gasteiger partial charge >= 0.3 is 0 Å². The molecule has 1 aromatic carbocycles. The summed E-state index contributed by atoms with van der Waals surface area (Å²) in [6.45, 7) is 1.01. The lowest BCUT2D eigenvalue weighted by Crippen LogP contribution is -2.30. The fourth-order valence-electron chi connectivity index (χ4n) is 2.26. The summed E-state index contributed by atoms with van der Waals surface area (Å²) in [5, 5.41) is 3.51. The number of benzene rings is 1. The molecule has 0 aliphatic carbocycles. The monoisotopic (exact) mass is 211 g/mol. The molecule has 1 aliphatic rings. The Morgan fingerprint density at radius 3 is 2.81 bits per heavy atom. The molecule has 3 nitrogen and oxygen atoms in total. The molecule has 16 heavy (non-hydrogen) atoms. The van der Waals surface area contributed by atoms with Crippen LogP contribution in [-0.4, -0.2) is 16.5 Å². The standard InChI is InChI=1S/C13H13N3/c1-2-4-12-10(3-1)5-6-16-13(12)11-7-14-9-15-8-11/h1-4,7-9,13,16H,5-6H2/t13-/m1/s1. The van der Waals surface area contributed by atoms with Gasteiger partial charge in [0.1, 0.15) is 6.33 Å². The Labute approximate surface area is 94.6 Å². The van der Waals surface area contributed by atoms with E-state index in [9.17, 15) is 0 Å². The summed E-state index contributed by atoms with van der Waals surface area (Å²) in [6, 6.07) is 8.81. The van der Waals surface area contributed by atoms with Crippen LogP contribution in [0.4, 0.5) is 0 Å². The third-order valence-electron chi connectivity index (χ3n) is 3.02. The molecule has 0 radical (unpaired) electrons. The van der Waals surface area contributed by atoms with Crippen molar-refractivity contribution in [3.8, 4) is 0 Å². The summed E-state index contributed by atoms with van der Waals surface area (Å²) in [5.74, 6) is 0. The van der Waals surface area contributed by atoms with E-state index in [2.05, 4.69) is 39.6 Å². The SMILES string of the molecule is c1ccc2c(c1)CCN[C@@H]2c1cncnc1. The summed E-state index contributed by atoms with van der Waals surface area (Å²) in [6.07, 6.45) is 6.43. The van der Waals surface area contributed by atoms with Crippen LogP contribution in [0.2, 0.25) is 0 Å². The zero-order valence-electron chi connectivity index (χ0n) is 8.93. The number of rotatable bonds is 1. The van der Waals surface area contributed by atoms with Crippen LogP contribution < -0.4 is 5.32 Å². The van der Waals surface area contributed by atoms with E-state index in [1.807, 2.05) is 12.4 Å². The van der Waals surface area contributed by atoms with Gasteiger partial charge in [-0.05, 0) is 17.5 Å². The smallest absolute Gasteiger partial charge is 0.115 e. The van der Waals surface area contributed by atoms with Gasteiger partial charge < -0.3 is 5.32 Å². The van der Waals surface area contributed by atoms with Gasteiger partial charge in [0.15, 0.2) is 0 Å². The number of nitrogens with one attached hydrogen (secondary N) is 1. The molecule has 80 valence electrons. The molecular formula is C13H13N3. The van der Waals surface area contributed by atoms with Gasteiger partial charge in [-0.3, -0.25) is 0 Å². The van der Waals surface area contributed by atoms with E-state index in [0.29, 0.717) is 0 Å². The maximum Gasteiger partial charge on any atom is 0.115 e. The summed E-state index contributed by atoms with van der Waals surface area (Å²) in [7, 11) is 0. The Balaban J connectivity index is 2.05. The van der Waals surface area contributed by atoms with E-state index in [4.69, 9.17) is 0 Å². The average molecular weight is 211 g/mol. The van der Waals surface area contributed by atoms with E-state index in [1.54, 1.807) is 6.33 Å². The molecule has 0 bridgehead atoms. The summed E-state index contributed by atoms with van der Waals surface area (Å²) < 4.78 is 0. The van der Waals surface area contributed by atoms with E-state index >= 15 is 0 Å². The Kier molecular flexibility index (Phi) is 2.38. The third kappa shape index (κ3) is 1.59. The molecule has 1 aromatic heterocycles. The molecule has 0 saturated carbocycles. The maximum absolute atomic E-state index is 4.08. The molecule has 0 fully saturated rings. The first-order valence-corrected chi connectivity index (χ1v) is 5.51. The largest absolute Gasteiger partial charge is 0.306 e. The van der Waals surface area contributed by atoms with Crippen molar-refractivity contribution < 1.29 is 0 Å². The number of hydrogen-bond acceptors (Lipinski definition) is 3. The van der Waals surface area contributed by atoms with Crippen molar-refractivity contribution in [1.29, 1.82) is 0 Å². The fraction of sp³-hybridized carbons (Fsp3) is 0.231. The summed E-state index contributed by atoms with van der Waals surface area (Å²) in [5.41, 5.74) is 3.91. The summed E-state index contributed by atoms with van der Waals surface area (Å²) >= 11 is 0. The molecule has 2 aromatic rings. The van der Waals surface area contributed by atoms with Crippen molar-refractivity contribution >= 4 is 0 Å². The molecule has 3 heteroatoms. The minimum atomic E-state index is 0.242. The topological polar surface area (TPSA) is 37.8 Å². The van der Waals surface area contributed by atoms with Crippen LogP contribution >= 0.6 is 0 Å². The first kappa shape index (κ1) is 9.48. The van der Waals surface area contributed by atoms with Crippen molar-refractivity contribution in [2.75, 3.05) is 6.54 Å². The van der Waals surface area contributed by atoms with Gasteiger partial charge in [0.05, 0.1) is 6.04 Å². The minimum Gasteiger partial charge on any atom is -0.306 e. The van der Waals surface area contributed by atoms with Crippen molar-refractivity contribution in [1.82, 2.24) is 15.3 Å². The van der Waals surface area contributed by atoms with Crippen molar-refractivity contribution in [2.45, 2.75) is 12.5 Å². The molecule has 0 amide bonds. The Morgan fingerprint density at radius 1 is 1.12 bits per heavy atom. The van der Waals surface area contributed by atoms with Crippen LogP contribution in [0.15, 0.2) is 43.0 Å². The van der Waals surface area contributed by atoms with Crippen LogP contribution in [0.3, 0.4) is 0 Å². The van der Waals surface area contributed by atoms with Crippen molar-refractivity contribution in [3.05, 3.63) is 59.7 Å². The van der Waals surface area contributed by atoms with Crippen molar-refractivity contribution in [3.63, 3.8) is 0 Å². The normalized spacial score (nSPS) is 19.1. The van der Waals surface area contributed by atoms with Gasteiger partial charge in [0.25, 0.3) is 0 Å². The van der Waals surface area contributed by atoms with Crippen LogP contribution in [0.5, 0.6) is 0 Å². The zero-order valence-corrected chi connectivity index (χ0v) is 8.93. The number of fused-ring (bicyclic) bond motifs is 1. The number of hydrogen-bond donors (Lipinski definition) is 1. The highest BCUT2D eigenvalue weighted by atomic mass is 14.9. The molecule has 1 N–H and O–H groups in total. The van der Waals surface area contributed by atoms with Gasteiger partial charge in [-0.1, -0.05) is 24.3 Å². The molecule has 1 aliphatic heterocycles. The first-order valence-electron chi connectivity index (χ1n) is 5.51. The fourth-order valence-corrected chi connectivity index (χ4v) is 2.26. The Bertz CT molecular complexity index is 482. The lowest BCUT2D eigenvalue weighted by molar-refractivity contribution is 0.565. The zero-order chi connectivity index (χ0) is 10.8. The van der Waals surface area contributed by atoms with Gasteiger partial charge in [0.2, 0.25) is 0 Å².